The molecule has 1 saturated heterocycles. The number of carbonyl (C=O) groups excluding carboxylic acids is 2. The molecule has 3 fully saturated rings. The van der Waals surface area contributed by atoms with Gasteiger partial charge in [-0.2, -0.15) is 0 Å². The Balaban J connectivity index is 1.20. The molecule has 0 radical (unpaired) electrons. The third-order valence-corrected chi connectivity index (χ3v) is 12.8. The average Bonchev–Trinajstić information content (AvgIpc) is 3.73. The van der Waals surface area contributed by atoms with Crippen molar-refractivity contribution < 1.29 is 14.3 Å². The Labute approximate surface area is 270 Å². The lowest BCUT2D eigenvalue weighted by atomic mass is 9.68. The average molecular weight is 670 g/mol. The van der Waals surface area contributed by atoms with Crippen LogP contribution in [0.3, 0.4) is 0 Å². The van der Waals surface area contributed by atoms with Gasteiger partial charge in [-0.15, -0.1) is 11.8 Å². The first-order chi connectivity index (χ1) is 20.8. The molecule has 4 aliphatic rings. The molecule has 4 aromatic rings. The molecule has 1 aromatic heterocycles. The molecule has 2 aliphatic carbocycles. The zero-order chi connectivity index (χ0) is 29.6. The highest BCUT2D eigenvalue weighted by atomic mass is 35.5. The lowest BCUT2D eigenvalue weighted by Gasteiger charge is -2.43. The van der Waals surface area contributed by atoms with Gasteiger partial charge in [0.1, 0.15) is 12.4 Å². The number of imide groups is 1. The van der Waals surface area contributed by atoms with Crippen molar-refractivity contribution in [3.8, 4) is 5.75 Å². The van der Waals surface area contributed by atoms with Crippen LogP contribution in [0.15, 0.2) is 76.6 Å². The number of ether oxygens (including phenoxy) is 1. The summed E-state index contributed by atoms with van der Waals surface area (Å²) >= 11 is 21.6. The number of thioether (sulfide) groups is 1. The molecule has 11 heteroatoms. The fourth-order valence-electron chi connectivity index (χ4n) is 7.85. The number of hydrogen-bond acceptors (Lipinski definition) is 6. The Bertz CT molecular complexity index is 1840. The highest BCUT2D eigenvalue weighted by Gasteiger charge is 2.69. The summed E-state index contributed by atoms with van der Waals surface area (Å²) in [6, 6.07) is 20.0. The molecule has 218 valence electrons. The normalized spacial score (nSPS) is 28.6. The van der Waals surface area contributed by atoms with Gasteiger partial charge in [0.15, 0.2) is 0 Å². The maximum atomic E-state index is 14.0. The SMILES string of the molecule is O=C1C2C(C(=O)N1c1ccc(Cl)cc1)[C@@H]1C[C@H]2C2Sc3[nH]c(=O)sc3C(c3cc(Cl)ccc3OCc3ccc(Cl)cc3)C21. The second-order valence-electron chi connectivity index (χ2n) is 11.5. The quantitative estimate of drug-likeness (QED) is 0.221. The Morgan fingerprint density at radius 1 is 0.837 bits per heavy atom. The van der Waals surface area contributed by atoms with E-state index in [0.717, 1.165) is 27.5 Å². The molecule has 2 bridgehead atoms. The third-order valence-electron chi connectivity index (χ3n) is 9.42. The monoisotopic (exact) mass is 668 g/mol. The van der Waals surface area contributed by atoms with Crippen molar-refractivity contribution in [2.75, 3.05) is 4.90 Å². The van der Waals surface area contributed by atoms with Crippen molar-refractivity contribution in [1.82, 2.24) is 4.98 Å². The van der Waals surface area contributed by atoms with Gasteiger partial charge in [0, 0.05) is 36.7 Å². The Morgan fingerprint density at radius 3 is 2.21 bits per heavy atom. The van der Waals surface area contributed by atoms with Gasteiger partial charge in [-0.1, -0.05) is 58.3 Å². The van der Waals surface area contributed by atoms with Crippen LogP contribution in [0.5, 0.6) is 5.75 Å². The number of thiazole rings is 1. The van der Waals surface area contributed by atoms with Crippen molar-refractivity contribution in [3.63, 3.8) is 0 Å². The molecule has 8 rings (SSSR count). The van der Waals surface area contributed by atoms with Crippen LogP contribution < -0.4 is 14.5 Å². The number of nitrogens with zero attached hydrogens (tertiary/aromatic N) is 1. The maximum Gasteiger partial charge on any atom is 0.305 e. The number of aromatic nitrogens is 1. The third kappa shape index (κ3) is 4.40. The first-order valence-electron chi connectivity index (χ1n) is 14.0. The van der Waals surface area contributed by atoms with E-state index >= 15 is 0 Å². The highest BCUT2D eigenvalue weighted by molar-refractivity contribution is 8.00. The minimum Gasteiger partial charge on any atom is -0.489 e. The fourth-order valence-corrected chi connectivity index (χ4v) is 11.2. The van der Waals surface area contributed by atoms with Gasteiger partial charge < -0.3 is 9.72 Å². The molecule has 1 N–H and O–H groups in total. The van der Waals surface area contributed by atoms with E-state index in [1.54, 1.807) is 42.1 Å². The van der Waals surface area contributed by atoms with Crippen LogP contribution in [0.4, 0.5) is 5.69 Å². The summed E-state index contributed by atoms with van der Waals surface area (Å²) < 4.78 is 6.40. The first-order valence-corrected chi connectivity index (χ1v) is 16.8. The van der Waals surface area contributed by atoms with E-state index in [1.165, 1.54) is 16.2 Å². The number of fused-ring (bicyclic) bond motifs is 9. The van der Waals surface area contributed by atoms with E-state index in [4.69, 9.17) is 39.5 Å². The smallest absolute Gasteiger partial charge is 0.305 e. The number of benzene rings is 3. The molecule has 2 amide bonds. The van der Waals surface area contributed by atoms with E-state index in [0.29, 0.717) is 33.1 Å². The summed E-state index contributed by atoms with van der Waals surface area (Å²) in [7, 11) is 0. The van der Waals surface area contributed by atoms with Gasteiger partial charge in [0.2, 0.25) is 11.8 Å². The summed E-state index contributed by atoms with van der Waals surface area (Å²) in [5, 5.41) is 2.65. The molecule has 0 spiro atoms. The minimum absolute atomic E-state index is 0.00965. The molecule has 2 saturated carbocycles. The molecule has 3 aromatic carbocycles. The van der Waals surface area contributed by atoms with Crippen LogP contribution in [0.2, 0.25) is 15.1 Å². The minimum atomic E-state index is -0.410. The highest BCUT2D eigenvalue weighted by Crippen LogP contribution is 2.69. The summed E-state index contributed by atoms with van der Waals surface area (Å²) in [5.74, 6) is -0.610. The predicted octanol–water partition coefficient (Wildman–Crippen LogP) is 7.65. The van der Waals surface area contributed by atoms with Crippen LogP contribution in [0.1, 0.15) is 28.3 Å². The second-order valence-corrected chi connectivity index (χ2v) is 15.1. The van der Waals surface area contributed by atoms with Gasteiger partial charge >= 0.3 is 4.87 Å². The zero-order valence-electron chi connectivity index (χ0n) is 22.3. The van der Waals surface area contributed by atoms with Crippen molar-refractivity contribution in [1.29, 1.82) is 0 Å². The van der Waals surface area contributed by atoms with Crippen molar-refractivity contribution >= 4 is 75.4 Å². The molecule has 43 heavy (non-hydrogen) atoms. The largest absolute Gasteiger partial charge is 0.489 e. The van der Waals surface area contributed by atoms with E-state index < -0.39 is 5.92 Å². The number of amides is 2. The fraction of sp³-hybridized carbons (Fsp3) is 0.281. The molecular weight excluding hydrogens is 647 g/mol. The maximum absolute atomic E-state index is 14.0. The number of carbonyl (C=O) groups is 2. The number of nitrogens with one attached hydrogen (secondary N) is 1. The Kier molecular flexibility index (Phi) is 6.73. The van der Waals surface area contributed by atoms with Crippen LogP contribution in [-0.2, 0) is 16.2 Å². The van der Waals surface area contributed by atoms with Crippen LogP contribution >= 0.6 is 57.9 Å². The molecule has 5 unspecified atom stereocenters. The number of halogens is 3. The number of anilines is 1. The Hall–Kier alpha value is -2.75. The van der Waals surface area contributed by atoms with E-state index in [2.05, 4.69) is 4.98 Å². The van der Waals surface area contributed by atoms with Gasteiger partial charge in [-0.25, -0.2) is 0 Å². The Morgan fingerprint density at radius 2 is 1.49 bits per heavy atom. The van der Waals surface area contributed by atoms with Gasteiger partial charge in [0.25, 0.3) is 0 Å². The van der Waals surface area contributed by atoms with Crippen LogP contribution in [0, 0.1) is 29.6 Å². The van der Waals surface area contributed by atoms with Crippen molar-refractivity contribution in [2.24, 2.45) is 29.6 Å². The summed E-state index contributed by atoms with van der Waals surface area (Å²) in [4.78, 5) is 45.8. The van der Waals surface area contributed by atoms with Gasteiger partial charge in [-0.05, 0) is 84.3 Å². The second kappa shape index (κ2) is 10.4. The lowest BCUT2D eigenvalue weighted by Crippen LogP contribution is -2.42. The zero-order valence-corrected chi connectivity index (χ0v) is 26.2. The molecular formula is C32H23Cl3N2O4S2. The van der Waals surface area contributed by atoms with Crippen LogP contribution in [-0.4, -0.2) is 22.0 Å². The standard InChI is InChI=1S/C32H23Cl3N2O4S2/c33-15-3-1-14(2-4-15)13-41-22-10-7-17(35)11-19(22)23-24-20-12-21(27(24)42-29-28(23)43-32(40)36-29)26-25(20)30(38)37(31(26)39)18-8-5-16(34)6-9-18/h1-11,20-21,23-27H,12-13H2,(H,36,40)/t20-,21-,23?,24?,25?,26?,27?/m1/s1. The molecule has 3 heterocycles. The molecule has 2 aliphatic heterocycles. The number of hydrogen-bond donors (Lipinski definition) is 1. The van der Waals surface area contributed by atoms with Crippen molar-refractivity contribution in [2.45, 2.75) is 29.2 Å². The number of H-pyrrole nitrogens is 1. The topological polar surface area (TPSA) is 79.5 Å². The van der Waals surface area contributed by atoms with E-state index in [-0.39, 0.29) is 51.5 Å². The first kappa shape index (κ1) is 27.8. The van der Waals surface area contributed by atoms with Gasteiger partial charge in [-0.3, -0.25) is 19.3 Å². The van der Waals surface area contributed by atoms with Crippen LogP contribution in [0.25, 0.3) is 0 Å². The summed E-state index contributed by atoms with van der Waals surface area (Å²) in [6.45, 7) is 0.331. The van der Waals surface area contributed by atoms with Crippen molar-refractivity contribution in [3.05, 3.63) is 107 Å². The summed E-state index contributed by atoms with van der Waals surface area (Å²) in [6.07, 6.45) is 0.792. The number of aromatic amines is 1. The number of rotatable bonds is 5. The lowest BCUT2D eigenvalue weighted by molar-refractivity contribution is -0.123. The van der Waals surface area contributed by atoms with E-state index in [1.807, 2.05) is 36.4 Å². The molecule has 7 atom stereocenters. The predicted molar refractivity (Wildman–Crippen MR) is 170 cm³/mol. The van der Waals surface area contributed by atoms with E-state index in [9.17, 15) is 14.4 Å². The van der Waals surface area contributed by atoms with Gasteiger partial charge in [0.05, 0.1) is 22.5 Å². The summed E-state index contributed by atoms with van der Waals surface area (Å²) in [5.41, 5.74) is 2.41. The molecule has 6 nitrogen and oxygen atoms in total.